The van der Waals surface area contributed by atoms with Crippen molar-refractivity contribution in [1.29, 1.82) is 0 Å². The number of thioether (sulfide) groups is 1. The van der Waals surface area contributed by atoms with Crippen molar-refractivity contribution >= 4 is 50.6 Å². The van der Waals surface area contributed by atoms with Crippen molar-refractivity contribution in [2.45, 2.75) is 53.0 Å². The molecule has 0 atom stereocenters. The Morgan fingerprint density at radius 2 is 1.93 bits per heavy atom. The summed E-state index contributed by atoms with van der Waals surface area (Å²) in [6.07, 6.45) is 6.59. The summed E-state index contributed by atoms with van der Waals surface area (Å²) in [5.74, 6) is -0.141. The number of nitrogens with one attached hydrogen (secondary N) is 1. The number of carbonyl (C=O) groups is 2. The van der Waals surface area contributed by atoms with Crippen molar-refractivity contribution in [2.75, 3.05) is 31.3 Å². The van der Waals surface area contributed by atoms with Crippen LogP contribution in [0.1, 0.15) is 38.5 Å². The largest absolute Gasteiger partial charge is 0.352 e. The van der Waals surface area contributed by atoms with Crippen LogP contribution in [0.4, 0.5) is 5.69 Å². The second-order valence-electron chi connectivity index (χ2n) is 7.05. The van der Waals surface area contributed by atoms with Crippen LogP contribution in [-0.2, 0) is 19.6 Å². The fraction of sp³-hybridized carbons (Fsp3) is 0.647. The number of sulfonamides is 1. The number of hydrogen-bond donors (Lipinski definition) is 1. The molecule has 2 aliphatic rings. The highest BCUT2D eigenvalue weighted by molar-refractivity contribution is 8.02. The molecule has 1 aliphatic heterocycles. The van der Waals surface area contributed by atoms with Gasteiger partial charge in [0.1, 0.15) is 10.8 Å². The minimum Gasteiger partial charge on any atom is -0.352 e. The molecule has 2 amide bonds. The van der Waals surface area contributed by atoms with Gasteiger partial charge in [-0.1, -0.05) is 25.7 Å². The Labute approximate surface area is 168 Å². The van der Waals surface area contributed by atoms with Gasteiger partial charge in [-0.3, -0.25) is 9.59 Å². The summed E-state index contributed by atoms with van der Waals surface area (Å²) >= 11 is 2.48. The minimum absolute atomic E-state index is 0.0684. The molecule has 1 saturated carbocycles. The molecule has 150 valence electrons. The Morgan fingerprint density at radius 1 is 1.26 bits per heavy atom. The molecule has 0 saturated heterocycles. The number of carbonyl (C=O) groups excluding carboxylic acids is 2. The summed E-state index contributed by atoms with van der Waals surface area (Å²) in [6, 6.07) is 1.68. The molecule has 0 radical (unpaired) electrons. The summed E-state index contributed by atoms with van der Waals surface area (Å²) in [4.78, 5) is 26.3. The van der Waals surface area contributed by atoms with Crippen LogP contribution in [0.25, 0.3) is 0 Å². The third-order valence-corrected chi connectivity index (χ3v) is 9.48. The SMILES string of the molecule is CN(C)S(=O)(=O)c1cc2c(s1)SCC(=O)N2CC(=O)NC1CCCCCC1. The number of rotatable bonds is 5. The van der Waals surface area contributed by atoms with Gasteiger partial charge in [0, 0.05) is 20.1 Å². The van der Waals surface area contributed by atoms with E-state index in [0.29, 0.717) is 5.69 Å². The zero-order chi connectivity index (χ0) is 19.6. The first-order valence-electron chi connectivity index (χ1n) is 9.08. The molecule has 0 unspecified atom stereocenters. The van der Waals surface area contributed by atoms with E-state index in [-0.39, 0.29) is 34.4 Å². The van der Waals surface area contributed by atoms with Gasteiger partial charge in [-0.2, -0.15) is 0 Å². The van der Waals surface area contributed by atoms with Gasteiger partial charge in [0.05, 0.1) is 15.6 Å². The van der Waals surface area contributed by atoms with Gasteiger partial charge >= 0.3 is 0 Å². The number of fused-ring (bicyclic) bond motifs is 1. The number of anilines is 1. The second-order valence-corrected chi connectivity index (χ2v) is 11.7. The van der Waals surface area contributed by atoms with Crippen molar-refractivity contribution in [3.8, 4) is 0 Å². The van der Waals surface area contributed by atoms with Crippen LogP contribution in [0.2, 0.25) is 0 Å². The predicted octanol–water partition coefficient (Wildman–Crippen LogP) is 2.28. The molecule has 2 heterocycles. The van der Waals surface area contributed by atoms with E-state index in [2.05, 4.69) is 5.32 Å². The highest BCUT2D eigenvalue weighted by Gasteiger charge is 2.32. The van der Waals surface area contributed by atoms with Crippen LogP contribution in [0.15, 0.2) is 14.5 Å². The molecule has 7 nitrogen and oxygen atoms in total. The fourth-order valence-corrected chi connectivity index (χ4v) is 7.23. The molecule has 0 spiro atoms. The van der Waals surface area contributed by atoms with E-state index < -0.39 is 10.0 Å². The lowest BCUT2D eigenvalue weighted by Gasteiger charge is -2.27. The van der Waals surface area contributed by atoms with E-state index in [0.717, 1.165) is 45.5 Å². The molecule has 1 fully saturated rings. The zero-order valence-corrected chi connectivity index (χ0v) is 18.0. The van der Waals surface area contributed by atoms with Crippen LogP contribution in [-0.4, -0.2) is 57.0 Å². The Balaban J connectivity index is 1.75. The number of hydrogen-bond acceptors (Lipinski definition) is 6. The Kier molecular flexibility index (Phi) is 6.50. The number of thiophene rings is 1. The predicted molar refractivity (Wildman–Crippen MR) is 108 cm³/mol. The molecular formula is C17H25N3O4S3. The van der Waals surface area contributed by atoms with Gasteiger partial charge in [0.15, 0.2) is 0 Å². The monoisotopic (exact) mass is 431 g/mol. The molecular weight excluding hydrogens is 406 g/mol. The zero-order valence-electron chi connectivity index (χ0n) is 15.6. The molecule has 0 aromatic carbocycles. The molecule has 1 aliphatic carbocycles. The lowest BCUT2D eigenvalue weighted by molar-refractivity contribution is -0.123. The summed E-state index contributed by atoms with van der Waals surface area (Å²) in [6.45, 7) is -0.0684. The maximum atomic E-state index is 12.5. The quantitative estimate of drug-likeness (QED) is 0.723. The maximum Gasteiger partial charge on any atom is 0.252 e. The summed E-state index contributed by atoms with van der Waals surface area (Å²) in [7, 11) is -0.614. The van der Waals surface area contributed by atoms with E-state index in [9.17, 15) is 18.0 Å². The lowest BCUT2D eigenvalue weighted by atomic mass is 10.1. The molecule has 1 aromatic rings. The fourth-order valence-electron chi connectivity index (χ4n) is 3.30. The van der Waals surface area contributed by atoms with Gasteiger partial charge in [-0.25, -0.2) is 12.7 Å². The maximum absolute atomic E-state index is 12.5. The first kappa shape index (κ1) is 20.6. The normalized spacial score (nSPS) is 19.1. The smallest absolute Gasteiger partial charge is 0.252 e. The molecule has 1 N–H and O–H groups in total. The van der Waals surface area contributed by atoms with Crippen molar-refractivity contribution < 1.29 is 18.0 Å². The molecule has 0 bridgehead atoms. The first-order chi connectivity index (χ1) is 12.8. The Hall–Kier alpha value is -1.10. The summed E-state index contributed by atoms with van der Waals surface area (Å²) in [5.41, 5.74) is 0.526. The van der Waals surface area contributed by atoms with E-state index in [4.69, 9.17) is 0 Å². The minimum atomic E-state index is -3.57. The first-order valence-corrected chi connectivity index (χ1v) is 12.3. The van der Waals surface area contributed by atoms with Crippen LogP contribution in [0, 0.1) is 0 Å². The van der Waals surface area contributed by atoms with Gasteiger partial charge in [0.2, 0.25) is 11.8 Å². The Morgan fingerprint density at radius 3 is 2.56 bits per heavy atom. The highest BCUT2D eigenvalue weighted by Crippen LogP contribution is 2.43. The van der Waals surface area contributed by atoms with Crippen molar-refractivity contribution in [2.24, 2.45) is 0 Å². The standard InChI is InChI=1S/C17H25N3O4S3/c1-19(2)27(23,24)16-9-13-17(26-16)25-11-15(22)20(13)10-14(21)18-12-7-5-3-4-6-8-12/h9,12H,3-8,10-11H2,1-2H3,(H,18,21). The van der Waals surface area contributed by atoms with Gasteiger partial charge in [-0.15, -0.1) is 23.1 Å². The average Bonchev–Trinajstić information content (AvgIpc) is 2.89. The van der Waals surface area contributed by atoms with Crippen LogP contribution < -0.4 is 10.2 Å². The topological polar surface area (TPSA) is 86.8 Å². The molecule has 1 aromatic heterocycles. The van der Waals surface area contributed by atoms with Crippen molar-refractivity contribution in [3.63, 3.8) is 0 Å². The number of amides is 2. The molecule has 10 heteroatoms. The van der Waals surface area contributed by atoms with Crippen molar-refractivity contribution in [3.05, 3.63) is 6.07 Å². The second kappa shape index (κ2) is 8.50. The van der Waals surface area contributed by atoms with Crippen LogP contribution in [0.3, 0.4) is 0 Å². The van der Waals surface area contributed by atoms with Gasteiger partial charge < -0.3 is 10.2 Å². The van der Waals surface area contributed by atoms with E-state index >= 15 is 0 Å². The third-order valence-electron chi connectivity index (χ3n) is 4.83. The van der Waals surface area contributed by atoms with E-state index in [1.54, 1.807) is 0 Å². The third kappa shape index (κ3) is 4.67. The number of nitrogens with zero attached hydrogens (tertiary/aromatic N) is 2. The summed E-state index contributed by atoms with van der Waals surface area (Å²) in [5, 5.41) is 3.05. The molecule has 27 heavy (non-hydrogen) atoms. The van der Waals surface area contributed by atoms with Gasteiger partial charge in [-0.05, 0) is 18.9 Å². The van der Waals surface area contributed by atoms with Crippen molar-refractivity contribution in [1.82, 2.24) is 9.62 Å². The molecule has 3 rings (SSSR count). The van der Waals surface area contributed by atoms with Crippen LogP contribution >= 0.6 is 23.1 Å². The van der Waals surface area contributed by atoms with E-state index in [1.807, 2.05) is 0 Å². The highest BCUT2D eigenvalue weighted by atomic mass is 32.3. The van der Waals surface area contributed by atoms with E-state index in [1.165, 1.54) is 49.7 Å². The Bertz CT molecular complexity index is 811. The lowest BCUT2D eigenvalue weighted by Crippen LogP contribution is -2.45. The average molecular weight is 432 g/mol. The van der Waals surface area contributed by atoms with Crippen LogP contribution in [0.5, 0.6) is 0 Å². The van der Waals surface area contributed by atoms with Gasteiger partial charge in [0.25, 0.3) is 10.0 Å². The summed E-state index contributed by atoms with van der Waals surface area (Å²) < 4.78 is 26.9.